The maximum atomic E-state index is 13.1. The molecule has 1 aromatic rings. The molecular formula is C21H28N2O4S. The van der Waals surface area contributed by atoms with Crippen molar-refractivity contribution in [2.75, 3.05) is 6.54 Å². The van der Waals surface area contributed by atoms with Crippen LogP contribution in [0.15, 0.2) is 29.2 Å². The van der Waals surface area contributed by atoms with Crippen LogP contribution in [0.2, 0.25) is 0 Å². The molecule has 0 radical (unpaired) electrons. The standard InChI is InChI=1S/C21H28N2O4S/c24-20(22-25)19-2-1-7-23(19)28(26,27)18-5-3-17(4-6-18)21-11-14-8-15(12-21)10-16(9-14)13-21/h3-6,14-16,19,25H,1-2,7-13H2,(H,22,24). The third kappa shape index (κ3) is 2.82. The lowest BCUT2D eigenvalue weighted by Crippen LogP contribution is -2.48. The van der Waals surface area contributed by atoms with Crippen LogP contribution < -0.4 is 5.48 Å². The van der Waals surface area contributed by atoms with Gasteiger partial charge in [0.2, 0.25) is 10.0 Å². The second-order valence-corrected chi connectivity index (χ2v) is 11.4. The monoisotopic (exact) mass is 404 g/mol. The summed E-state index contributed by atoms with van der Waals surface area (Å²) in [6.07, 6.45) is 8.93. The summed E-state index contributed by atoms with van der Waals surface area (Å²) in [6.45, 7) is 0.303. The van der Waals surface area contributed by atoms with Gasteiger partial charge < -0.3 is 0 Å². The van der Waals surface area contributed by atoms with Crippen LogP contribution in [0, 0.1) is 17.8 Å². The van der Waals surface area contributed by atoms with Crippen molar-refractivity contribution in [2.45, 2.75) is 67.7 Å². The minimum absolute atomic E-state index is 0.235. The van der Waals surface area contributed by atoms with Gasteiger partial charge in [-0.2, -0.15) is 4.31 Å². The summed E-state index contributed by atoms with van der Waals surface area (Å²) in [4.78, 5) is 12.1. The average molecular weight is 405 g/mol. The van der Waals surface area contributed by atoms with Gasteiger partial charge in [-0.05, 0) is 92.2 Å². The molecule has 5 aliphatic rings. The molecule has 2 N–H and O–H groups in total. The Morgan fingerprint density at radius 1 is 1.04 bits per heavy atom. The fourth-order valence-electron chi connectivity index (χ4n) is 6.94. The maximum absolute atomic E-state index is 13.1. The van der Waals surface area contributed by atoms with Gasteiger partial charge in [-0.3, -0.25) is 10.0 Å². The number of carbonyl (C=O) groups excluding carboxylic acids is 1. The van der Waals surface area contributed by atoms with Crippen molar-refractivity contribution in [2.24, 2.45) is 17.8 Å². The molecule has 1 aromatic carbocycles. The second kappa shape index (κ2) is 6.54. The van der Waals surface area contributed by atoms with Gasteiger partial charge in [0.15, 0.2) is 0 Å². The first-order valence-corrected chi connectivity index (χ1v) is 11.9. The number of hydrogen-bond acceptors (Lipinski definition) is 4. The lowest BCUT2D eigenvalue weighted by atomic mass is 9.48. The lowest BCUT2D eigenvalue weighted by Gasteiger charge is -2.57. The number of nitrogens with zero attached hydrogens (tertiary/aromatic N) is 1. The van der Waals surface area contributed by atoms with E-state index in [0.717, 1.165) is 17.8 Å². The molecule has 6 nitrogen and oxygen atoms in total. The van der Waals surface area contributed by atoms with E-state index in [1.807, 2.05) is 12.1 Å². The number of rotatable bonds is 4. The normalized spacial score (nSPS) is 37.3. The molecule has 1 unspecified atom stereocenters. The predicted octanol–water partition coefficient (Wildman–Crippen LogP) is 2.81. The van der Waals surface area contributed by atoms with Crippen molar-refractivity contribution in [3.05, 3.63) is 29.8 Å². The molecule has 1 heterocycles. The highest BCUT2D eigenvalue weighted by Crippen LogP contribution is 2.60. The van der Waals surface area contributed by atoms with E-state index in [9.17, 15) is 13.2 Å². The fourth-order valence-corrected chi connectivity index (χ4v) is 8.60. The number of benzene rings is 1. The van der Waals surface area contributed by atoms with E-state index in [4.69, 9.17) is 5.21 Å². The number of hydroxylamine groups is 1. The molecule has 152 valence electrons. The van der Waals surface area contributed by atoms with Gasteiger partial charge in [-0.1, -0.05) is 12.1 Å². The van der Waals surface area contributed by atoms with E-state index < -0.39 is 22.0 Å². The highest BCUT2D eigenvalue weighted by molar-refractivity contribution is 7.89. The van der Waals surface area contributed by atoms with Crippen LogP contribution in [0.3, 0.4) is 0 Å². The van der Waals surface area contributed by atoms with E-state index in [1.165, 1.54) is 48.4 Å². The van der Waals surface area contributed by atoms with E-state index in [1.54, 1.807) is 17.6 Å². The molecule has 1 saturated heterocycles. The zero-order valence-corrected chi connectivity index (χ0v) is 16.8. The Bertz CT molecular complexity index is 845. The van der Waals surface area contributed by atoms with Crippen LogP contribution in [0.25, 0.3) is 0 Å². The van der Waals surface area contributed by atoms with Crippen LogP contribution in [-0.2, 0) is 20.2 Å². The molecule has 1 atom stereocenters. The van der Waals surface area contributed by atoms with E-state index in [-0.39, 0.29) is 10.3 Å². The van der Waals surface area contributed by atoms with Gasteiger partial charge in [0.25, 0.3) is 5.91 Å². The topological polar surface area (TPSA) is 86.7 Å². The van der Waals surface area contributed by atoms with Crippen molar-refractivity contribution in [3.63, 3.8) is 0 Å². The molecule has 1 aliphatic heterocycles. The summed E-state index contributed by atoms with van der Waals surface area (Å²) in [5.74, 6) is 1.87. The molecule has 0 spiro atoms. The first-order chi connectivity index (χ1) is 13.4. The van der Waals surface area contributed by atoms with Crippen LogP contribution >= 0.6 is 0 Å². The Morgan fingerprint density at radius 3 is 2.14 bits per heavy atom. The number of carbonyl (C=O) groups is 1. The Hall–Kier alpha value is -1.44. The first kappa shape index (κ1) is 18.6. The summed E-state index contributed by atoms with van der Waals surface area (Å²) in [5, 5.41) is 8.92. The van der Waals surface area contributed by atoms with Crippen molar-refractivity contribution in [3.8, 4) is 0 Å². The maximum Gasteiger partial charge on any atom is 0.261 e. The first-order valence-electron chi connectivity index (χ1n) is 10.5. The quantitative estimate of drug-likeness (QED) is 0.597. The van der Waals surface area contributed by atoms with Gasteiger partial charge >= 0.3 is 0 Å². The van der Waals surface area contributed by atoms with E-state index >= 15 is 0 Å². The third-order valence-corrected chi connectivity index (χ3v) is 9.65. The van der Waals surface area contributed by atoms with Gasteiger partial charge in [-0.15, -0.1) is 0 Å². The Morgan fingerprint density at radius 2 is 1.61 bits per heavy atom. The van der Waals surface area contributed by atoms with Gasteiger partial charge in [0.1, 0.15) is 6.04 Å². The van der Waals surface area contributed by atoms with Crippen molar-refractivity contribution in [1.29, 1.82) is 0 Å². The van der Waals surface area contributed by atoms with Crippen LogP contribution in [0.4, 0.5) is 0 Å². The summed E-state index contributed by atoms with van der Waals surface area (Å²) in [6, 6.07) is 6.62. The third-order valence-electron chi connectivity index (χ3n) is 7.73. The molecule has 4 aliphatic carbocycles. The fraction of sp³-hybridized carbons (Fsp3) is 0.667. The Labute approximate surface area is 166 Å². The highest BCUT2D eigenvalue weighted by Gasteiger charge is 2.51. The lowest BCUT2D eigenvalue weighted by molar-refractivity contribution is -0.132. The number of amides is 1. The largest absolute Gasteiger partial charge is 0.289 e. The van der Waals surface area contributed by atoms with Crippen LogP contribution in [0.1, 0.15) is 56.9 Å². The number of hydrogen-bond donors (Lipinski definition) is 2. The minimum atomic E-state index is -3.75. The molecule has 6 rings (SSSR count). The summed E-state index contributed by atoms with van der Waals surface area (Å²) >= 11 is 0. The van der Waals surface area contributed by atoms with Gasteiger partial charge in [-0.25, -0.2) is 13.9 Å². The number of sulfonamides is 1. The second-order valence-electron chi connectivity index (χ2n) is 9.47. The summed E-state index contributed by atoms with van der Waals surface area (Å²) in [5.41, 5.74) is 3.13. The van der Waals surface area contributed by atoms with Crippen LogP contribution in [-0.4, -0.2) is 36.4 Å². The molecule has 4 bridgehead atoms. The summed E-state index contributed by atoms with van der Waals surface area (Å²) in [7, 11) is -3.75. The van der Waals surface area contributed by atoms with Crippen molar-refractivity contribution >= 4 is 15.9 Å². The smallest absolute Gasteiger partial charge is 0.261 e. The van der Waals surface area contributed by atoms with Gasteiger partial charge in [0, 0.05) is 6.54 Å². The van der Waals surface area contributed by atoms with Gasteiger partial charge in [0.05, 0.1) is 4.90 Å². The SMILES string of the molecule is O=C(NO)C1CCCN1S(=O)(=O)c1ccc(C23CC4CC(CC(C4)C2)C3)cc1. The van der Waals surface area contributed by atoms with E-state index in [2.05, 4.69) is 0 Å². The molecule has 7 heteroatoms. The average Bonchev–Trinajstić information content (AvgIpc) is 3.17. The van der Waals surface area contributed by atoms with Crippen molar-refractivity contribution < 1.29 is 18.4 Å². The minimum Gasteiger partial charge on any atom is -0.289 e. The molecule has 5 fully saturated rings. The molecule has 1 amide bonds. The number of nitrogens with one attached hydrogen (secondary N) is 1. The molecule has 4 saturated carbocycles. The Balaban J connectivity index is 1.42. The van der Waals surface area contributed by atoms with Crippen molar-refractivity contribution in [1.82, 2.24) is 9.79 Å². The molecular weight excluding hydrogens is 376 g/mol. The van der Waals surface area contributed by atoms with Crippen LogP contribution in [0.5, 0.6) is 0 Å². The Kier molecular flexibility index (Phi) is 4.34. The zero-order valence-electron chi connectivity index (χ0n) is 16.0. The highest BCUT2D eigenvalue weighted by atomic mass is 32.2. The summed E-state index contributed by atoms with van der Waals surface area (Å²) < 4.78 is 27.4. The molecule has 28 heavy (non-hydrogen) atoms. The zero-order chi connectivity index (χ0) is 19.5. The predicted molar refractivity (Wildman–Crippen MR) is 103 cm³/mol. The van der Waals surface area contributed by atoms with E-state index in [0.29, 0.717) is 19.4 Å². The molecule has 0 aromatic heterocycles.